The lowest BCUT2D eigenvalue weighted by Crippen LogP contribution is -2.44. The highest BCUT2D eigenvalue weighted by Gasteiger charge is 2.18. The summed E-state index contributed by atoms with van der Waals surface area (Å²) >= 11 is 2.00. The number of ether oxygens (including phenoxy) is 1. The first kappa shape index (κ1) is 12.6. The highest BCUT2D eigenvalue weighted by molar-refractivity contribution is 7.12. The molecule has 1 aromatic heterocycles. The van der Waals surface area contributed by atoms with Gasteiger partial charge in [-0.05, 0) is 37.9 Å². The van der Waals surface area contributed by atoms with E-state index in [9.17, 15) is 0 Å². The largest absolute Gasteiger partial charge is 0.374 e. The number of nitrogens with one attached hydrogen (secondary N) is 1. The molecule has 18 heavy (non-hydrogen) atoms. The summed E-state index contributed by atoms with van der Waals surface area (Å²) in [6.07, 6.45) is 4.31. The summed E-state index contributed by atoms with van der Waals surface area (Å²) in [6.45, 7) is 4.95. The second kappa shape index (κ2) is 5.70. The van der Waals surface area contributed by atoms with Crippen molar-refractivity contribution >= 4 is 11.3 Å². The molecule has 0 saturated carbocycles. The molecule has 0 bridgehead atoms. The molecule has 3 rings (SSSR count). The van der Waals surface area contributed by atoms with Crippen LogP contribution in [0, 0.1) is 0 Å². The van der Waals surface area contributed by atoms with Crippen LogP contribution in [0.2, 0.25) is 0 Å². The lowest BCUT2D eigenvalue weighted by molar-refractivity contribution is -0.0181. The van der Waals surface area contributed by atoms with Gasteiger partial charge in [-0.1, -0.05) is 0 Å². The Kier molecular flexibility index (Phi) is 3.99. The number of thiophene rings is 1. The molecule has 1 N–H and O–H groups in total. The van der Waals surface area contributed by atoms with Crippen molar-refractivity contribution in [1.29, 1.82) is 0 Å². The van der Waals surface area contributed by atoms with Crippen molar-refractivity contribution in [2.24, 2.45) is 0 Å². The zero-order valence-electron chi connectivity index (χ0n) is 11.1. The standard InChI is InChI=1S/C14H22N2OS/c1-16-5-6-17-12(10-16)8-15-9-13-7-11-3-2-4-14(11)18-13/h7,12,15H,2-6,8-10H2,1H3. The van der Waals surface area contributed by atoms with E-state index in [1.165, 1.54) is 24.1 Å². The van der Waals surface area contributed by atoms with Crippen LogP contribution in [-0.2, 0) is 24.1 Å². The molecular formula is C14H22N2OS. The van der Waals surface area contributed by atoms with Crippen LogP contribution in [0.5, 0.6) is 0 Å². The number of hydrogen-bond acceptors (Lipinski definition) is 4. The third kappa shape index (κ3) is 2.94. The molecule has 1 aliphatic carbocycles. The number of likely N-dealkylation sites (N-methyl/N-ethyl adjacent to an activating group) is 1. The highest BCUT2D eigenvalue weighted by atomic mass is 32.1. The molecule has 0 aromatic carbocycles. The van der Waals surface area contributed by atoms with E-state index >= 15 is 0 Å². The first-order valence-electron chi connectivity index (χ1n) is 6.92. The van der Waals surface area contributed by atoms with Crippen molar-refractivity contribution in [1.82, 2.24) is 10.2 Å². The Bertz CT molecular complexity index is 383. The number of morpholine rings is 1. The average Bonchev–Trinajstić information content (AvgIpc) is 2.89. The fraction of sp³-hybridized carbons (Fsp3) is 0.714. The van der Waals surface area contributed by atoms with Crippen LogP contribution >= 0.6 is 11.3 Å². The van der Waals surface area contributed by atoms with Gasteiger partial charge in [-0.2, -0.15) is 0 Å². The van der Waals surface area contributed by atoms with Gasteiger partial charge in [0.05, 0.1) is 12.7 Å². The van der Waals surface area contributed by atoms with E-state index in [1.807, 2.05) is 11.3 Å². The van der Waals surface area contributed by atoms with Crippen molar-refractivity contribution in [3.05, 3.63) is 21.4 Å². The van der Waals surface area contributed by atoms with Crippen molar-refractivity contribution in [2.45, 2.75) is 31.9 Å². The molecule has 0 amide bonds. The molecule has 1 unspecified atom stereocenters. The van der Waals surface area contributed by atoms with Crippen LogP contribution in [0.15, 0.2) is 6.07 Å². The molecule has 1 aromatic rings. The number of rotatable bonds is 4. The molecule has 1 atom stereocenters. The zero-order chi connectivity index (χ0) is 12.4. The minimum absolute atomic E-state index is 0.357. The number of hydrogen-bond donors (Lipinski definition) is 1. The van der Waals surface area contributed by atoms with Gasteiger partial charge in [0.15, 0.2) is 0 Å². The van der Waals surface area contributed by atoms with E-state index in [-0.39, 0.29) is 0 Å². The SMILES string of the molecule is CN1CCOC(CNCc2cc3c(s2)CCC3)C1. The highest BCUT2D eigenvalue weighted by Crippen LogP contribution is 2.30. The first-order chi connectivity index (χ1) is 8.81. The van der Waals surface area contributed by atoms with Gasteiger partial charge in [-0.25, -0.2) is 0 Å². The van der Waals surface area contributed by atoms with Crippen molar-refractivity contribution in [2.75, 3.05) is 33.3 Å². The van der Waals surface area contributed by atoms with E-state index in [0.717, 1.165) is 32.8 Å². The summed E-state index contributed by atoms with van der Waals surface area (Å²) in [5.41, 5.74) is 1.60. The van der Waals surface area contributed by atoms with Crippen LogP contribution in [-0.4, -0.2) is 44.3 Å². The number of nitrogens with zero attached hydrogens (tertiary/aromatic N) is 1. The van der Waals surface area contributed by atoms with Gasteiger partial charge >= 0.3 is 0 Å². The second-order valence-electron chi connectivity index (χ2n) is 5.40. The first-order valence-corrected chi connectivity index (χ1v) is 7.74. The predicted molar refractivity (Wildman–Crippen MR) is 75.3 cm³/mol. The Labute approximate surface area is 113 Å². The van der Waals surface area contributed by atoms with Crippen LogP contribution in [0.4, 0.5) is 0 Å². The molecule has 0 radical (unpaired) electrons. The summed E-state index contributed by atoms with van der Waals surface area (Å²) in [4.78, 5) is 5.46. The monoisotopic (exact) mass is 266 g/mol. The van der Waals surface area contributed by atoms with E-state index in [0.29, 0.717) is 6.10 Å². The van der Waals surface area contributed by atoms with Crippen LogP contribution in [0.3, 0.4) is 0 Å². The van der Waals surface area contributed by atoms with Crippen molar-refractivity contribution in [3.63, 3.8) is 0 Å². The maximum absolute atomic E-state index is 5.75. The third-order valence-corrected chi connectivity index (χ3v) is 5.05. The molecule has 2 heterocycles. The van der Waals surface area contributed by atoms with Gasteiger partial charge in [0.1, 0.15) is 0 Å². The smallest absolute Gasteiger partial charge is 0.0826 e. The Hall–Kier alpha value is -0.420. The fourth-order valence-electron chi connectivity index (χ4n) is 2.82. The van der Waals surface area contributed by atoms with Gasteiger partial charge in [0.2, 0.25) is 0 Å². The molecule has 4 heteroatoms. The molecule has 2 aliphatic rings. The van der Waals surface area contributed by atoms with E-state index < -0.39 is 0 Å². The summed E-state index contributed by atoms with van der Waals surface area (Å²) in [6, 6.07) is 2.40. The van der Waals surface area contributed by atoms with Crippen LogP contribution < -0.4 is 5.32 Å². The Balaban J connectivity index is 1.43. The van der Waals surface area contributed by atoms with Gasteiger partial charge in [0.25, 0.3) is 0 Å². The van der Waals surface area contributed by atoms with Gasteiger partial charge < -0.3 is 15.0 Å². The summed E-state index contributed by atoms with van der Waals surface area (Å²) in [5.74, 6) is 0. The van der Waals surface area contributed by atoms with E-state index in [2.05, 4.69) is 23.3 Å². The molecule has 100 valence electrons. The average molecular weight is 266 g/mol. The normalized spacial score (nSPS) is 24.4. The zero-order valence-corrected chi connectivity index (χ0v) is 11.9. The van der Waals surface area contributed by atoms with Gasteiger partial charge in [0, 0.05) is 35.9 Å². The lowest BCUT2D eigenvalue weighted by Gasteiger charge is -2.30. The van der Waals surface area contributed by atoms with Crippen LogP contribution in [0.1, 0.15) is 21.7 Å². The van der Waals surface area contributed by atoms with E-state index in [4.69, 9.17) is 4.74 Å². The predicted octanol–water partition coefficient (Wildman–Crippen LogP) is 1.66. The second-order valence-corrected chi connectivity index (χ2v) is 6.62. The topological polar surface area (TPSA) is 24.5 Å². The molecule has 1 fully saturated rings. The number of aryl methyl sites for hydroxylation is 2. The maximum atomic E-state index is 5.75. The van der Waals surface area contributed by atoms with Crippen molar-refractivity contribution in [3.8, 4) is 0 Å². The Morgan fingerprint density at radius 3 is 3.28 bits per heavy atom. The van der Waals surface area contributed by atoms with E-state index in [1.54, 1.807) is 10.4 Å². The summed E-state index contributed by atoms with van der Waals surface area (Å²) < 4.78 is 5.75. The number of fused-ring (bicyclic) bond motifs is 1. The Morgan fingerprint density at radius 1 is 1.50 bits per heavy atom. The van der Waals surface area contributed by atoms with Gasteiger partial charge in [-0.15, -0.1) is 11.3 Å². The molecule has 1 saturated heterocycles. The minimum atomic E-state index is 0.357. The summed E-state index contributed by atoms with van der Waals surface area (Å²) in [7, 11) is 2.17. The minimum Gasteiger partial charge on any atom is -0.374 e. The maximum Gasteiger partial charge on any atom is 0.0826 e. The quantitative estimate of drug-likeness (QED) is 0.897. The fourth-order valence-corrected chi connectivity index (χ4v) is 4.05. The molecule has 1 aliphatic heterocycles. The van der Waals surface area contributed by atoms with Crippen LogP contribution in [0.25, 0.3) is 0 Å². The van der Waals surface area contributed by atoms with Crippen molar-refractivity contribution < 1.29 is 4.74 Å². The molecule has 3 nitrogen and oxygen atoms in total. The Morgan fingerprint density at radius 2 is 2.44 bits per heavy atom. The summed E-state index contributed by atoms with van der Waals surface area (Å²) in [5, 5.41) is 3.54. The lowest BCUT2D eigenvalue weighted by atomic mass is 10.2. The molecule has 0 spiro atoms. The molecular weight excluding hydrogens is 244 g/mol. The van der Waals surface area contributed by atoms with Gasteiger partial charge in [-0.3, -0.25) is 0 Å². The third-order valence-electron chi connectivity index (χ3n) is 3.81.